The van der Waals surface area contributed by atoms with Crippen LogP contribution in [0.2, 0.25) is 0 Å². The molecule has 6 nitrogen and oxygen atoms in total. The van der Waals surface area contributed by atoms with E-state index in [1.165, 1.54) is 23.9 Å². The molecular weight excluding hydrogens is 346 g/mol. The van der Waals surface area contributed by atoms with E-state index in [-0.39, 0.29) is 5.91 Å². The number of hydrogen-bond donors (Lipinski definition) is 2. The maximum atomic E-state index is 11.2. The van der Waals surface area contributed by atoms with Crippen LogP contribution in [0.25, 0.3) is 11.0 Å². The van der Waals surface area contributed by atoms with Gasteiger partial charge in [0, 0.05) is 48.9 Å². The summed E-state index contributed by atoms with van der Waals surface area (Å²) >= 11 is 1.55. The van der Waals surface area contributed by atoms with Gasteiger partial charge in [-0.1, -0.05) is 6.92 Å². The summed E-state index contributed by atoms with van der Waals surface area (Å²) in [6.45, 7) is 6.82. The summed E-state index contributed by atoms with van der Waals surface area (Å²) in [5.74, 6) is 1.03. The minimum Gasteiger partial charge on any atom is -0.357 e. The summed E-state index contributed by atoms with van der Waals surface area (Å²) in [5, 5.41) is 3.43. The van der Waals surface area contributed by atoms with Gasteiger partial charge in [-0.25, -0.2) is 4.98 Å². The summed E-state index contributed by atoms with van der Waals surface area (Å²) in [4.78, 5) is 27.1. The van der Waals surface area contributed by atoms with Crippen LogP contribution >= 0.6 is 11.3 Å². The van der Waals surface area contributed by atoms with Crippen LogP contribution < -0.4 is 5.32 Å². The summed E-state index contributed by atoms with van der Waals surface area (Å²) in [6.07, 6.45) is 4.88. The second kappa shape index (κ2) is 7.17. The van der Waals surface area contributed by atoms with E-state index in [0.29, 0.717) is 17.0 Å². The molecule has 4 heterocycles. The molecule has 0 spiro atoms. The van der Waals surface area contributed by atoms with E-state index in [4.69, 9.17) is 0 Å². The molecule has 0 aromatic carbocycles. The number of thiazole rings is 1. The van der Waals surface area contributed by atoms with Crippen LogP contribution in [0.15, 0.2) is 30.6 Å². The molecule has 2 atom stereocenters. The lowest BCUT2D eigenvalue weighted by Gasteiger charge is -2.36. The lowest BCUT2D eigenvalue weighted by atomic mass is 9.85. The van der Waals surface area contributed by atoms with Gasteiger partial charge < -0.3 is 10.3 Å². The Morgan fingerprint density at radius 2 is 2.35 bits per heavy atom. The molecule has 7 heteroatoms. The third-order valence-corrected chi connectivity index (χ3v) is 5.97. The molecule has 3 aromatic rings. The zero-order valence-corrected chi connectivity index (χ0v) is 15.8. The number of piperidine rings is 1. The van der Waals surface area contributed by atoms with Crippen LogP contribution in [0.1, 0.15) is 36.8 Å². The largest absolute Gasteiger partial charge is 0.357 e. The lowest BCUT2D eigenvalue weighted by molar-refractivity contribution is -0.114. The van der Waals surface area contributed by atoms with E-state index in [1.807, 2.05) is 18.5 Å². The highest BCUT2D eigenvalue weighted by atomic mass is 32.1. The molecule has 1 amide bonds. The molecule has 1 fully saturated rings. The van der Waals surface area contributed by atoms with Crippen molar-refractivity contribution in [2.24, 2.45) is 5.92 Å². The fourth-order valence-electron chi connectivity index (χ4n) is 3.67. The number of carbonyl (C=O) groups is 1. The minimum atomic E-state index is -0.0785. The molecule has 1 aliphatic rings. The number of aromatic amines is 1. The first kappa shape index (κ1) is 17.2. The number of aromatic nitrogens is 3. The van der Waals surface area contributed by atoms with Crippen LogP contribution in [-0.2, 0) is 11.3 Å². The van der Waals surface area contributed by atoms with Crippen molar-refractivity contribution in [2.75, 3.05) is 18.4 Å². The quantitative estimate of drug-likeness (QED) is 0.737. The number of nitrogens with one attached hydrogen (secondary N) is 2. The SMILES string of the molecule is CC(=O)Nc1ncc(CN2CC[C@H](C)[C@H](c3cc4ncccc4[nH]3)C2)s1. The maximum absolute atomic E-state index is 11.2. The average Bonchev–Trinajstić information content (AvgIpc) is 3.22. The molecule has 2 N–H and O–H groups in total. The first-order valence-corrected chi connectivity index (χ1v) is 9.78. The molecule has 136 valence electrons. The van der Waals surface area contributed by atoms with Crippen molar-refractivity contribution in [3.8, 4) is 0 Å². The van der Waals surface area contributed by atoms with Gasteiger partial charge in [0.15, 0.2) is 5.13 Å². The Bertz CT molecular complexity index is 884. The molecule has 26 heavy (non-hydrogen) atoms. The number of nitrogens with zero attached hydrogens (tertiary/aromatic N) is 3. The molecule has 1 aliphatic heterocycles. The van der Waals surface area contributed by atoms with Gasteiger partial charge >= 0.3 is 0 Å². The van der Waals surface area contributed by atoms with Crippen LogP contribution in [0.5, 0.6) is 0 Å². The number of amides is 1. The lowest BCUT2D eigenvalue weighted by Crippen LogP contribution is -2.37. The van der Waals surface area contributed by atoms with Gasteiger partial charge in [0.2, 0.25) is 5.91 Å². The third-order valence-electron chi connectivity index (χ3n) is 5.07. The first-order valence-electron chi connectivity index (χ1n) is 8.97. The molecule has 1 saturated heterocycles. The van der Waals surface area contributed by atoms with Gasteiger partial charge in [0.25, 0.3) is 0 Å². The summed E-state index contributed by atoms with van der Waals surface area (Å²) in [6, 6.07) is 6.25. The maximum Gasteiger partial charge on any atom is 0.223 e. The van der Waals surface area contributed by atoms with E-state index in [2.05, 4.69) is 44.2 Å². The zero-order valence-electron chi connectivity index (χ0n) is 15.0. The number of hydrogen-bond acceptors (Lipinski definition) is 5. The molecule has 0 radical (unpaired) electrons. The number of fused-ring (bicyclic) bond motifs is 1. The number of likely N-dealkylation sites (tertiary alicyclic amines) is 1. The number of rotatable bonds is 4. The zero-order chi connectivity index (χ0) is 18.1. The predicted molar refractivity (Wildman–Crippen MR) is 104 cm³/mol. The number of carbonyl (C=O) groups excluding carboxylic acids is 1. The average molecular weight is 369 g/mol. The van der Waals surface area contributed by atoms with Gasteiger partial charge in [0.05, 0.1) is 11.0 Å². The fraction of sp³-hybridized carbons (Fsp3) is 0.421. The van der Waals surface area contributed by atoms with Crippen molar-refractivity contribution in [3.63, 3.8) is 0 Å². The Morgan fingerprint density at radius 1 is 1.46 bits per heavy atom. The smallest absolute Gasteiger partial charge is 0.223 e. The predicted octanol–water partition coefficient (Wildman–Crippen LogP) is 3.60. The van der Waals surface area contributed by atoms with Crippen molar-refractivity contribution < 1.29 is 4.79 Å². The van der Waals surface area contributed by atoms with Crippen molar-refractivity contribution in [2.45, 2.75) is 32.7 Å². The van der Waals surface area contributed by atoms with Crippen molar-refractivity contribution in [3.05, 3.63) is 41.2 Å². The number of anilines is 1. The van der Waals surface area contributed by atoms with Crippen LogP contribution in [0.3, 0.4) is 0 Å². The second-order valence-corrected chi connectivity index (χ2v) is 8.20. The highest BCUT2D eigenvalue weighted by Gasteiger charge is 2.29. The highest BCUT2D eigenvalue weighted by molar-refractivity contribution is 7.15. The molecule has 3 aromatic heterocycles. The van der Waals surface area contributed by atoms with Gasteiger partial charge in [-0.05, 0) is 37.1 Å². The normalized spacial score (nSPS) is 21.2. The molecule has 4 rings (SSSR count). The van der Waals surface area contributed by atoms with Crippen LogP contribution in [0.4, 0.5) is 5.13 Å². The molecule has 0 bridgehead atoms. The fourth-order valence-corrected chi connectivity index (χ4v) is 4.57. The summed E-state index contributed by atoms with van der Waals surface area (Å²) in [5.41, 5.74) is 3.42. The highest BCUT2D eigenvalue weighted by Crippen LogP contribution is 2.34. The number of H-pyrrole nitrogens is 1. The molecule has 0 unspecified atom stereocenters. The third kappa shape index (κ3) is 3.64. The standard InChI is InChI=1S/C19H23N5OS/c1-12-5-7-24(10-14-9-21-19(26-14)22-13(2)25)11-15(12)17-8-18-16(23-17)4-3-6-20-18/h3-4,6,8-9,12,15,23H,5,7,10-11H2,1-2H3,(H,21,22,25)/t12-,15+/m0/s1. The minimum absolute atomic E-state index is 0.0785. The van der Waals surface area contributed by atoms with Gasteiger partial charge in [-0.2, -0.15) is 0 Å². The molecule has 0 aliphatic carbocycles. The number of pyridine rings is 1. The van der Waals surface area contributed by atoms with Crippen LogP contribution in [-0.4, -0.2) is 38.8 Å². The monoisotopic (exact) mass is 369 g/mol. The van der Waals surface area contributed by atoms with Gasteiger partial charge in [-0.15, -0.1) is 11.3 Å². The van der Waals surface area contributed by atoms with Gasteiger partial charge in [0.1, 0.15) is 0 Å². The van der Waals surface area contributed by atoms with E-state index >= 15 is 0 Å². The van der Waals surface area contributed by atoms with Crippen molar-refractivity contribution in [1.29, 1.82) is 0 Å². The van der Waals surface area contributed by atoms with Gasteiger partial charge in [-0.3, -0.25) is 14.7 Å². The van der Waals surface area contributed by atoms with E-state index < -0.39 is 0 Å². The van der Waals surface area contributed by atoms with E-state index in [0.717, 1.165) is 30.7 Å². The Balaban J connectivity index is 1.47. The van der Waals surface area contributed by atoms with E-state index in [1.54, 1.807) is 11.3 Å². The first-order chi connectivity index (χ1) is 12.6. The van der Waals surface area contributed by atoms with Crippen molar-refractivity contribution >= 4 is 33.4 Å². The molecule has 0 saturated carbocycles. The molecular formula is C19H23N5OS. The topological polar surface area (TPSA) is 73.9 Å². The van der Waals surface area contributed by atoms with E-state index in [9.17, 15) is 4.79 Å². The Hall–Kier alpha value is -2.25. The van der Waals surface area contributed by atoms with Crippen molar-refractivity contribution in [1.82, 2.24) is 19.9 Å². The Labute approximate surface area is 156 Å². The second-order valence-electron chi connectivity index (χ2n) is 7.08. The van der Waals surface area contributed by atoms with Crippen LogP contribution in [0, 0.1) is 5.92 Å². The Morgan fingerprint density at radius 3 is 3.15 bits per heavy atom. The Kier molecular flexibility index (Phi) is 4.74. The summed E-state index contributed by atoms with van der Waals surface area (Å²) in [7, 11) is 0. The summed E-state index contributed by atoms with van der Waals surface area (Å²) < 4.78 is 0.